The molecule has 1 unspecified atom stereocenters. The summed E-state index contributed by atoms with van der Waals surface area (Å²) in [6, 6.07) is 4.62. The average Bonchev–Trinajstić information content (AvgIpc) is 3.43. The molecule has 2 N–H and O–H groups in total. The van der Waals surface area contributed by atoms with Crippen molar-refractivity contribution in [3.05, 3.63) is 18.2 Å². The van der Waals surface area contributed by atoms with Gasteiger partial charge in [0, 0.05) is 31.4 Å². The lowest BCUT2D eigenvalue weighted by Crippen LogP contribution is -2.45. The Morgan fingerprint density at radius 3 is 2.74 bits per heavy atom. The molecule has 10 heteroatoms. The van der Waals surface area contributed by atoms with Crippen LogP contribution in [0, 0.1) is 11.5 Å². The Morgan fingerprint density at radius 1 is 1.16 bits per heavy atom. The lowest BCUT2D eigenvalue weighted by Gasteiger charge is -2.25. The molecule has 2 amide bonds. The van der Waals surface area contributed by atoms with Crippen molar-refractivity contribution in [1.82, 2.24) is 15.1 Å². The molecule has 0 radical (unpaired) electrons. The van der Waals surface area contributed by atoms with Gasteiger partial charge in [-0.15, -0.1) is 0 Å². The number of nitriles is 1. The Morgan fingerprint density at radius 2 is 1.94 bits per heavy atom. The lowest BCUT2D eigenvalue weighted by atomic mass is 10.1. The quantitative estimate of drug-likeness (QED) is 0.322. The van der Waals surface area contributed by atoms with Crippen molar-refractivity contribution in [3.8, 4) is 17.7 Å². The van der Waals surface area contributed by atoms with E-state index in [0.29, 0.717) is 30.2 Å². The summed E-state index contributed by atoms with van der Waals surface area (Å²) in [5.41, 5.74) is 0.646. The Hall–Kier alpha value is -3.48. The number of ether oxygens (including phenoxy) is 2. The number of carbonyl (C=O) groups excluding carboxylic acids is 2. The van der Waals surface area contributed by atoms with Crippen LogP contribution in [-0.2, 0) is 9.59 Å². The van der Waals surface area contributed by atoms with Crippen molar-refractivity contribution in [3.63, 3.8) is 0 Å². The van der Waals surface area contributed by atoms with Gasteiger partial charge in [-0.2, -0.15) is 5.26 Å². The molecule has 1 aromatic carbocycles. The minimum absolute atomic E-state index is 0.00987. The molecule has 164 valence electrons. The number of likely N-dealkylation sites (tertiary alicyclic amines) is 2. The average molecular weight is 426 g/mol. The number of amides is 2. The minimum atomic E-state index is -0.661. The van der Waals surface area contributed by atoms with Crippen LogP contribution in [0.3, 0.4) is 0 Å². The highest BCUT2D eigenvalue weighted by Crippen LogP contribution is 2.34. The highest BCUT2D eigenvalue weighted by atomic mass is 16.7. The van der Waals surface area contributed by atoms with Gasteiger partial charge in [0.15, 0.2) is 17.7 Å². The van der Waals surface area contributed by atoms with E-state index in [-0.39, 0.29) is 31.1 Å². The molecule has 0 bridgehead atoms. The SMILES string of the molecule is N#CNC(=NC1CCCCN(CC(=O)N2CCCC2)C1=O)Nc1ccc2c(c1)OCO2. The van der Waals surface area contributed by atoms with Gasteiger partial charge in [0.1, 0.15) is 6.04 Å². The molecule has 4 rings (SSSR count). The summed E-state index contributed by atoms with van der Waals surface area (Å²) in [5.74, 6) is 1.22. The number of hydrogen-bond acceptors (Lipinski definition) is 6. The van der Waals surface area contributed by atoms with Gasteiger partial charge < -0.3 is 24.6 Å². The molecule has 0 aliphatic carbocycles. The summed E-state index contributed by atoms with van der Waals surface area (Å²) in [7, 11) is 0. The maximum Gasteiger partial charge on any atom is 0.247 e. The van der Waals surface area contributed by atoms with Gasteiger partial charge in [0.2, 0.25) is 24.6 Å². The van der Waals surface area contributed by atoms with Gasteiger partial charge in [0.05, 0.1) is 6.54 Å². The van der Waals surface area contributed by atoms with Crippen LogP contribution in [-0.4, -0.2) is 66.6 Å². The number of rotatable bonds is 4. The fourth-order valence-corrected chi connectivity index (χ4v) is 4.01. The first kappa shape index (κ1) is 20.8. The number of guanidine groups is 1. The van der Waals surface area contributed by atoms with Crippen molar-refractivity contribution < 1.29 is 19.1 Å². The van der Waals surface area contributed by atoms with Crippen molar-refractivity contribution in [2.75, 3.05) is 38.3 Å². The number of nitrogens with one attached hydrogen (secondary N) is 2. The van der Waals surface area contributed by atoms with Crippen LogP contribution in [0.25, 0.3) is 0 Å². The third-order valence-corrected chi connectivity index (χ3v) is 5.63. The molecule has 3 aliphatic rings. The van der Waals surface area contributed by atoms with E-state index in [1.54, 1.807) is 23.1 Å². The predicted octanol–water partition coefficient (Wildman–Crippen LogP) is 1.26. The molecular weight excluding hydrogens is 400 g/mol. The normalized spacial score (nSPS) is 20.9. The van der Waals surface area contributed by atoms with E-state index in [9.17, 15) is 9.59 Å². The molecule has 1 aromatic rings. The second-order valence-electron chi connectivity index (χ2n) is 7.77. The molecule has 0 aromatic heterocycles. The molecule has 3 aliphatic heterocycles. The number of anilines is 1. The van der Waals surface area contributed by atoms with Crippen molar-refractivity contribution in [2.24, 2.45) is 4.99 Å². The maximum atomic E-state index is 13.1. The van der Waals surface area contributed by atoms with Gasteiger partial charge in [-0.05, 0) is 44.2 Å². The van der Waals surface area contributed by atoms with E-state index >= 15 is 0 Å². The van der Waals surface area contributed by atoms with Crippen LogP contribution in [0.5, 0.6) is 11.5 Å². The van der Waals surface area contributed by atoms with Gasteiger partial charge in [-0.1, -0.05) is 0 Å². The number of benzene rings is 1. The van der Waals surface area contributed by atoms with Crippen molar-refractivity contribution in [1.29, 1.82) is 5.26 Å². The Kier molecular flexibility index (Phi) is 6.40. The summed E-state index contributed by atoms with van der Waals surface area (Å²) in [6.07, 6.45) is 6.09. The molecule has 10 nitrogen and oxygen atoms in total. The third-order valence-electron chi connectivity index (χ3n) is 5.63. The number of aliphatic imine (C=N–C) groups is 1. The van der Waals surface area contributed by atoms with Gasteiger partial charge in [0.25, 0.3) is 0 Å². The standard InChI is InChI=1S/C21H26N6O4/c22-13-23-21(24-15-6-7-17-18(11-15)31-14-30-17)25-16-5-1-2-10-27(20(16)29)12-19(28)26-8-3-4-9-26/h6-7,11,16H,1-5,8-10,12,14H2,(H2,23,24,25). The van der Waals surface area contributed by atoms with E-state index < -0.39 is 6.04 Å². The number of nitrogens with zero attached hydrogens (tertiary/aromatic N) is 4. The molecule has 2 fully saturated rings. The van der Waals surface area contributed by atoms with Gasteiger partial charge >= 0.3 is 0 Å². The third kappa shape index (κ3) is 4.99. The molecule has 31 heavy (non-hydrogen) atoms. The second kappa shape index (κ2) is 9.55. The van der Waals surface area contributed by atoms with Crippen LogP contribution in [0.15, 0.2) is 23.2 Å². The largest absolute Gasteiger partial charge is 0.454 e. The zero-order valence-electron chi connectivity index (χ0n) is 17.3. The molecule has 0 spiro atoms. The van der Waals surface area contributed by atoms with Crippen LogP contribution >= 0.6 is 0 Å². The molecular formula is C21H26N6O4. The van der Waals surface area contributed by atoms with Crippen LogP contribution in [0.1, 0.15) is 32.1 Å². The van der Waals surface area contributed by atoms with Crippen molar-refractivity contribution >= 4 is 23.5 Å². The Bertz CT molecular complexity index is 906. The van der Waals surface area contributed by atoms with E-state index in [1.165, 1.54) is 0 Å². The molecule has 3 heterocycles. The number of hydrogen-bond donors (Lipinski definition) is 2. The minimum Gasteiger partial charge on any atom is -0.454 e. The first-order chi connectivity index (χ1) is 15.1. The molecule has 2 saturated heterocycles. The highest BCUT2D eigenvalue weighted by molar-refractivity contribution is 5.97. The lowest BCUT2D eigenvalue weighted by molar-refractivity contribution is -0.140. The van der Waals surface area contributed by atoms with E-state index in [0.717, 1.165) is 38.8 Å². The first-order valence-electron chi connectivity index (χ1n) is 10.6. The topological polar surface area (TPSA) is 119 Å². The first-order valence-corrected chi connectivity index (χ1v) is 10.6. The fourth-order valence-electron chi connectivity index (χ4n) is 4.01. The monoisotopic (exact) mass is 426 g/mol. The van der Waals surface area contributed by atoms with Crippen LogP contribution in [0.4, 0.5) is 5.69 Å². The summed E-state index contributed by atoms with van der Waals surface area (Å²) in [4.78, 5) is 33.6. The summed E-state index contributed by atoms with van der Waals surface area (Å²) in [5, 5.41) is 14.7. The Balaban J connectivity index is 1.47. The number of carbonyl (C=O) groups is 2. The zero-order chi connectivity index (χ0) is 21.6. The Labute approximate surface area is 180 Å². The second-order valence-corrected chi connectivity index (χ2v) is 7.77. The van der Waals surface area contributed by atoms with E-state index in [1.807, 2.05) is 11.1 Å². The highest BCUT2D eigenvalue weighted by Gasteiger charge is 2.30. The summed E-state index contributed by atoms with van der Waals surface area (Å²) < 4.78 is 10.7. The van der Waals surface area contributed by atoms with E-state index in [4.69, 9.17) is 14.7 Å². The zero-order valence-corrected chi connectivity index (χ0v) is 17.3. The predicted molar refractivity (Wildman–Crippen MR) is 112 cm³/mol. The van der Waals surface area contributed by atoms with Crippen LogP contribution < -0.4 is 20.1 Å². The summed E-state index contributed by atoms with van der Waals surface area (Å²) in [6.45, 7) is 2.32. The van der Waals surface area contributed by atoms with Gasteiger partial charge in [-0.25, -0.2) is 4.99 Å². The maximum absolute atomic E-state index is 13.1. The molecule has 0 saturated carbocycles. The van der Waals surface area contributed by atoms with Crippen molar-refractivity contribution in [2.45, 2.75) is 38.1 Å². The summed E-state index contributed by atoms with van der Waals surface area (Å²) >= 11 is 0. The number of fused-ring (bicyclic) bond motifs is 1. The van der Waals surface area contributed by atoms with Crippen LogP contribution in [0.2, 0.25) is 0 Å². The van der Waals surface area contributed by atoms with E-state index in [2.05, 4.69) is 15.6 Å². The fraction of sp³-hybridized carbons (Fsp3) is 0.524. The molecule has 1 atom stereocenters. The smallest absolute Gasteiger partial charge is 0.247 e. The van der Waals surface area contributed by atoms with Gasteiger partial charge in [-0.3, -0.25) is 14.9 Å².